The van der Waals surface area contributed by atoms with Gasteiger partial charge in [0.25, 0.3) is 0 Å². The molecule has 1 saturated carbocycles. The van der Waals surface area contributed by atoms with Gasteiger partial charge in [-0.15, -0.1) is 11.3 Å². The van der Waals surface area contributed by atoms with Crippen LogP contribution >= 0.6 is 22.9 Å². The second-order valence-corrected chi connectivity index (χ2v) is 6.43. The van der Waals surface area contributed by atoms with Crippen molar-refractivity contribution in [3.8, 4) is 0 Å². The van der Waals surface area contributed by atoms with Gasteiger partial charge in [0, 0.05) is 17.0 Å². The van der Waals surface area contributed by atoms with Crippen LogP contribution in [-0.2, 0) is 6.42 Å². The van der Waals surface area contributed by atoms with E-state index < -0.39 is 0 Å². The van der Waals surface area contributed by atoms with Crippen LogP contribution in [0, 0.1) is 5.92 Å². The standard InChI is InChI=1S/C12H18ClNS/c1-8-7-11(8)14-9(2)3-4-10-5-6-12(13)15-10/h5-6,8-9,11,14H,3-4,7H2,1-2H3. The van der Waals surface area contributed by atoms with Crippen molar-refractivity contribution in [3.05, 3.63) is 21.3 Å². The molecule has 3 atom stereocenters. The highest BCUT2D eigenvalue weighted by Crippen LogP contribution is 2.30. The Morgan fingerprint density at radius 1 is 1.60 bits per heavy atom. The molecule has 3 unspecified atom stereocenters. The van der Waals surface area contributed by atoms with Crippen LogP contribution in [-0.4, -0.2) is 12.1 Å². The van der Waals surface area contributed by atoms with Crippen LogP contribution in [0.3, 0.4) is 0 Å². The average Bonchev–Trinajstić information content (AvgIpc) is 2.71. The van der Waals surface area contributed by atoms with Crippen molar-refractivity contribution < 1.29 is 0 Å². The van der Waals surface area contributed by atoms with Crippen molar-refractivity contribution in [2.75, 3.05) is 0 Å². The van der Waals surface area contributed by atoms with Gasteiger partial charge in [0.1, 0.15) is 0 Å². The minimum atomic E-state index is 0.626. The second kappa shape index (κ2) is 4.86. The lowest BCUT2D eigenvalue weighted by atomic mass is 10.1. The lowest BCUT2D eigenvalue weighted by Gasteiger charge is -2.12. The first-order valence-corrected chi connectivity index (χ1v) is 6.85. The van der Waals surface area contributed by atoms with E-state index in [0.717, 1.165) is 22.7 Å². The SMILES string of the molecule is CC(CCc1ccc(Cl)s1)NC1CC1C. The van der Waals surface area contributed by atoms with Crippen molar-refractivity contribution in [2.24, 2.45) is 5.92 Å². The van der Waals surface area contributed by atoms with Crippen molar-refractivity contribution >= 4 is 22.9 Å². The molecule has 1 aromatic heterocycles. The first-order valence-electron chi connectivity index (χ1n) is 5.65. The number of hydrogen-bond acceptors (Lipinski definition) is 2. The summed E-state index contributed by atoms with van der Waals surface area (Å²) >= 11 is 7.59. The van der Waals surface area contributed by atoms with E-state index in [1.54, 1.807) is 11.3 Å². The molecular formula is C12H18ClNS. The normalized spacial score (nSPS) is 26.6. The Kier molecular flexibility index (Phi) is 3.70. The predicted molar refractivity (Wildman–Crippen MR) is 67.8 cm³/mol. The summed E-state index contributed by atoms with van der Waals surface area (Å²) in [5.74, 6) is 0.892. The molecule has 1 aliphatic rings. The van der Waals surface area contributed by atoms with Gasteiger partial charge in [0.2, 0.25) is 0 Å². The fraction of sp³-hybridized carbons (Fsp3) is 0.667. The quantitative estimate of drug-likeness (QED) is 0.831. The molecule has 1 heterocycles. The highest BCUT2D eigenvalue weighted by molar-refractivity contribution is 7.16. The molecule has 0 saturated heterocycles. The second-order valence-electron chi connectivity index (χ2n) is 4.63. The molecule has 0 spiro atoms. The van der Waals surface area contributed by atoms with Gasteiger partial charge >= 0.3 is 0 Å². The van der Waals surface area contributed by atoms with Crippen LogP contribution in [0.2, 0.25) is 4.34 Å². The summed E-state index contributed by atoms with van der Waals surface area (Å²) in [5.41, 5.74) is 0. The number of thiophene rings is 1. The fourth-order valence-corrected chi connectivity index (χ4v) is 2.95. The molecule has 2 rings (SSSR count). The molecule has 0 aromatic carbocycles. The van der Waals surface area contributed by atoms with Gasteiger partial charge in [-0.2, -0.15) is 0 Å². The molecule has 1 aliphatic carbocycles. The fourth-order valence-electron chi connectivity index (χ4n) is 1.85. The Hall–Kier alpha value is -0.0500. The molecule has 0 amide bonds. The number of halogens is 1. The molecule has 0 aliphatic heterocycles. The van der Waals surface area contributed by atoms with E-state index in [4.69, 9.17) is 11.6 Å². The molecular weight excluding hydrogens is 226 g/mol. The van der Waals surface area contributed by atoms with Gasteiger partial charge in [-0.05, 0) is 44.2 Å². The zero-order valence-corrected chi connectivity index (χ0v) is 10.9. The summed E-state index contributed by atoms with van der Waals surface area (Å²) in [4.78, 5) is 1.40. The lowest BCUT2D eigenvalue weighted by molar-refractivity contribution is 0.500. The lowest BCUT2D eigenvalue weighted by Crippen LogP contribution is -2.29. The maximum absolute atomic E-state index is 5.89. The molecule has 1 aromatic rings. The zero-order chi connectivity index (χ0) is 10.8. The van der Waals surface area contributed by atoms with Gasteiger partial charge in [0.05, 0.1) is 4.34 Å². The highest BCUT2D eigenvalue weighted by Gasteiger charge is 2.32. The van der Waals surface area contributed by atoms with Gasteiger partial charge in [0.15, 0.2) is 0 Å². The van der Waals surface area contributed by atoms with Crippen molar-refractivity contribution in [1.82, 2.24) is 5.32 Å². The van der Waals surface area contributed by atoms with Crippen molar-refractivity contribution in [1.29, 1.82) is 0 Å². The van der Waals surface area contributed by atoms with E-state index in [0.29, 0.717) is 6.04 Å². The van der Waals surface area contributed by atoms with Gasteiger partial charge in [-0.1, -0.05) is 18.5 Å². The Labute approximate surface area is 101 Å². The Morgan fingerprint density at radius 3 is 2.87 bits per heavy atom. The van der Waals surface area contributed by atoms with E-state index in [1.807, 2.05) is 6.07 Å². The first-order chi connectivity index (χ1) is 7.15. The third-order valence-electron chi connectivity index (χ3n) is 3.06. The zero-order valence-electron chi connectivity index (χ0n) is 9.29. The number of aryl methyl sites for hydroxylation is 1. The summed E-state index contributed by atoms with van der Waals surface area (Å²) in [5, 5.41) is 3.65. The smallest absolute Gasteiger partial charge is 0.0931 e. The first kappa shape index (κ1) is 11.4. The number of hydrogen-bond donors (Lipinski definition) is 1. The summed E-state index contributed by atoms with van der Waals surface area (Å²) < 4.78 is 0.904. The van der Waals surface area contributed by atoms with Crippen LogP contribution in [0.1, 0.15) is 31.6 Å². The van der Waals surface area contributed by atoms with E-state index in [1.165, 1.54) is 17.7 Å². The Morgan fingerprint density at radius 2 is 2.33 bits per heavy atom. The highest BCUT2D eigenvalue weighted by atomic mass is 35.5. The topological polar surface area (TPSA) is 12.0 Å². The largest absolute Gasteiger partial charge is 0.311 e. The molecule has 1 N–H and O–H groups in total. The molecule has 1 fully saturated rings. The van der Waals surface area contributed by atoms with Crippen LogP contribution in [0.15, 0.2) is 12.1 Å². The van der Waals surface area contributed by atoms with E-state index in [2.05, 4.69) is 25.2 Å². The van der Waals surface area contributed by atoms with E-state index in [9.17, 15) is 0 Å². The Balaban J connectivity index is 1.68. The summed E-state index contributed by atoms with van der Waals surface area (Å²) in [6.45, 7) is 4.59. The van der Waals surface area contributed by atoms with Gasteiger partial charge in [-0.25, -0.2) is 0 Å². The maximum atomic E-state index is 5.89. The van der Waals surface area contributed by atoms with E-state index >= 15 is 0 Å². The third-order valence-corrected chi connectivity index (χ3v) is 4.35. The monoisotopic (exact) mass is 243 g/mol. The van der Waals surface area contributed by atoms with Crippen molar-refractivity contribution in [2.45, 2.75) is 45.2 Å². The van der Waals surface area contributed by atoms with Crippen LogP contribution in [0.4, 0.5) is 0 Å². The molecule has 0 radical (unpaired) electrons. The molecule has 15 heavy (non-hydrogen) atoms. The maximum Gasteiger partial charge on any atom is 0.0931 e. The van der Waals surface area contributed by atoms with Crippen LogP contribution in [0.5, 0.6) is 0 Å². The van der Waals surface area contributed by atoms with Crippen LogP contribution < -0.4 is 5.32 Å². The van der Waals surface area contributed by atoms with Crippen molar-refractivity contribution in [3.63, 3.8) is 0 Å². The molecule has 1 nitrogen and oxygen atoms in total. The molecule has 0 bridgehead atoms. The number of rotatable bonds is 5. The Bertz CT molecular complexity index is 323. The average molecular weight is 244 g/mol. The third kappa shape index (κ3) is 3.47. The minimum Gasteiger partial charge on any atom is -0.311 e. The number of nitrogens with one attached hydrogen (secondary N) is 1. The van der Waals surface area contributed by atoms with E-state index in [-0.39, 0.29) is 0 Å². The predicted octanol–water partition coefficient (Wildman–Crippen LogP) is 3.72. The molecule has 3 heteroatoms. The van der Waals surface area contributed by atoms with Crippen LogP contribution in [0.25, 0.3) is 0 Å². The minimum absolute atomic E-state index is 0.626. The summed E-state index contributed by atoms with van der Waals surface area (Å²) in [7, 11) is 0. The summed E-state index contributed by atoms with van der Waals surface area (Å²) in [6, 6.07) is 5.54. The van der Waals surface area contributed by atoms with Gasteiger partial charge in [-0.3, -0.25) is 0 Å². The van der Waals surface area contributed by atoms with Gasteiger partial charge < -0.3 is 5.32 Å². The molecule has 84 valence electrons. The summed E-state index contributed by atoms with van der Waals surface area (Å²) in [6.07, 6.45) is 3.71.